The lowest BCUT2D eigenvalue weighted by Crippen LogP contribution is -2.46. The van der Waals surface area contributed by atoms with Crippen LogP contribution in [0.15, 0.2) is 0 Å². The topological polar surface area (TPSA) is 29.3 Å². The first-order valence-electron chi connectivity index (χ1n) is 10.9. The third kappa shape index (κ3) is 7.04. The largest absolute Gasteiger partial charge is 0.325 e. The van der Waals surface area contributed by atoms with Crippen molar-refractivity contribution in [1.29, 1.82) is 0 Å². The average molecular weight is 336 g/mol. The predicted molar refractivity (Wildman–Crippen MR) is 106 cm³/mol. The quantitative estimate of drug-likeness (QED) is 0.585. The maximum Gasteiger partial charge on any atom is 0.0167 e. The van der Waals surface area contributed by atoms with Crippen LogP contribution in [-0.2, 0) is 0 Å². The molecule has 0 amide bonds. The monoisotopic (exact) mass is 335 g/mol. The molecule has 2 fully saturated rings. The minimum atomic E-state index is -0.226. The van der Waals surface area contributed by atoms with Gasteiger partial charge < -0.3 is 5.73 Å². The molecule has 2 aliphatic carbocycles. The molecule has 1 atom stereocenters. The Bertz CT molecular complexity index is 325. The summed E-state index contributed by atoms with van der Waals surface area (Å²) in [6.07, 6.45) is 19.1. The fourth-order valence-electron chi connectivity index (χ4n) is 4.97. The van der Waals surface area contributed by atoms with Crippen molar-refractivity contribution in [2.75, 3.05) is 6.54 Å². The summed E-state index contributed by atoms with van der Waals surface area (Å²) in [7, 11) is 0. The summed E-state index contributed by atoms with van der Waals surface area (Å²) in [5, 5.41) is 0. The maximum atomic E-state index is 6.57. The highest BCUT2D eigenvalue weighted by molar-refractivity contribution is 4.90. The maximum absolute atomic E-state index is 6.57. The number of nitrogens with zero attached hydrogens (tertiary/aromatic N) is 1. The van der Waals surface area contributed by atoms with Gasteiger partial charge in [-0.2, -0.15) is 0 Å². The van der Waals surface area contributed by atoms with Gasteiger partial charge in [-0.15, -0.1) is 0 Å². The second-order valence-corrected chi connectivity index (χ2v) is 9.13. The van der Waals surface area contributed by atoms with Crippen LogP contribution in [0, 0.1) is 12.8 Å². The molecule has 1 unspecified atom stereocenters. The molecule has 0 spiro atoms. The Morgan fingerprint density at radius 1 is 0.958 bits per heavy atom. The Hall–Kier alpha value is -0.0800. The van der Waals surface area contributed by atoms with E-state index in [4.69, 9.17) is 5.73 Å². The van der Waals surface area contributed by atoms with Gasteiger partial charge in [0, 0.05) is 24.2 Å². The first-order valence-corrected chi connectivity index (χ1v) is 10.9. The van der Waals surface area contributed by atoms with Gasteiger partial charge in [-0.05, 0) is 52.4 Å². The minimum absolute atomic E-state index is 0.226. The van der Waals surface area contributed by atoms with Crippen molar-refractivity contribution >= 4 is 0 Å². The molecule has 2 aliphatic rings. The molecule has 24 heavy (non-hydrogen) atoms. The molecule has 2 nitrogen and oxygen atoms in total. The molecule has 141 valence electrons. The molecule has 0 saturated heterocycles. The van der Waals surface area contributed by atoms with Crippen LogP contribution >= 0.6 is 0 Å². The Labute approximate surface area is 151 Å². The molecule has 2 saturated carbocycles. The molecule has 0 bridgehead atoms. The average Bonchev–Trinajstić information content (AvgIpc) is 2.56. The second kappa shape index (κ2) is 10.2. The molecule has 0 aromatic heterocycles. The van der Waals surface area contributed by atoms with Crippen molar-refractivity contribution in [2.45, 2.75) is 121 Å². The second-order valence-electron chi connectivity index (χ2n) is 9.13. The fourth-order valence-corrected chi connectivity index (χ4v) is 4.97. The van der Waals surface area contributed by atoms with Gasteiger partial charge >= 0.3 is 0 Å². The SMILES string of the molecule is [CH2]C(N)(CCCC1CCCCC1)CCN(C(C)C)C1CCCCC1. The number of hydrogen-bond donors (Lipinski definition) is 1. The molecule has 2 N–H and O–H groups in total. The van der Waals surface area contributed by atoms with E-state index in [1.165, 1.54) is 77.0 Å². The third-order valence-electron chi connectivity index (χ3n) is 6.59. The zero-order valence-corrected chi connectivity index (χ0v) is 16.6. The van der Waals surface area contributed by atoms with Crippen LogP contribution in [0.4, 0.5) is 0 Å². The van der Waals surface area contributed by atoms with E-state index in [1.807, 2.05) is 0 Å². The molecule has 1 radical (unpaired) electrons. The van der Waals surface area contributed by atoms with Gasteiger partial charge in [-0.3, -0.25) is 4.90 Å². The van der Waals surface area contributed by atoms with Crippen LogP contribution in [0.3, 0.4) is 0 Å². The van der Waals surface area contributed by atoms with E-state index in [0.29, 0.717) is 6.04 Å². The number of rotatable bonds is 9. The summed E-state index contributed by atoms with van der Waals surface area (Å²) in [6.45, 7) is 10.2. The van der Waals surface area contributed by atoms with Crippen molar-refractivity contribution in [3.8, 4) is 0 Å². The van der Waals surface area contributed by atoms with Crippen LogP contribution in [0.5, 0.6) is 0 Å². The van der Waals surface area contributed by atoms with Crippen LogP contribution in [-0.4, -0.2) is 29.1 Å². The molecule has 0 aromatic carbocycles. The lowest BCUT2D eigenvalue weighted by Gasteiger charge is -2.39. The van der Waals surface area contributed by atoms with E-state index in [0.717, 1.165) is 31.3 Å². The number of nitrogens with two attached hydrogens (primary N) is 1. The van der Waals surface area contributed by atoms with Gasteiger partial charge in [0.05, 0.1) is 0 Å². The minimum Gasteiger partial charge on any atom is -0.325 e. The molecule has 0 aliphatic heterocycles. The molecule has 0 aromatic rings. The van der Waals surface area contributed by atoms with E-state index in [9.17, 15) is 0 Å². The van der Waals surface area contributed by atoms with E-state index in [1.54, 1.807) is 0 Å². The smallest absolute Gasteiger partial charge is 0.0167 e. The summed E-state index contributed by atoms with van der Waals surface area (Å²) < 4.78 is 0. The van der Waals surface area contributed by atoms with Crippen molar-refractivity contribution < 1.29 is 0 Å². The highest BCUT2D eigenvalue weighted by atomic mass is 15.2. The van der Waals surface area contributed by atoms with Gasteiger partial charge in [-0.25, -0.2) is 0 Å². The van der Waals surface area contributed by atoms with E-state index >= 15 is 0 Å². The fraction of sp³-hybridized carbons (Fsp3) is 0.955. The predicted octanol–water partition coefficient (Wildman–Crippen LogP) is 5.70. The van der Waals surface area contributed by atoms with Gasteiger partial charge in [0.2, 0.25) is 0 Å². The van der Waals surface area contributed by atoms with Gasteiger partial charge in [0.15, 0.2) is 0 Å². The lowest BCUT2D eigenvalue weighted by atomic mass is 9.83. The zero-order valence-electron chi connectivity index (χ0n) is 16.6. The molecular formula is C22H43N2. The Morgan fingerprint density at radius 2 is 1.54 bits per heavy atom. The van der Waals surface area contributed by atoms with Crippen LogP contribution in [0.25, 0.3) is 0 Å². The highest BCUT2D eigenvalue weighted by Gasteiger charge is 2.26. The summed E-state index contributed by atoms with van der Waals surface area (Å²) in [5.74, 6) is 0.976. The van der Waals surface area contributed by atoms with Crippen LogP contribution < -0.4 is 5.73 Å². The van der Waals surface area contributed by atoms with Gasteiger partial charge in [-0.1, -0.05) is 64.2 Å². The van der Waals surface area contributed by atoms with Crippen molar-refractivity contribution in [2.24, 2.45) is 11.7 Å². The van der Waals surface area contributed by atoms with Crippen LogP contribution in [0.2, 0.25) is 0 Å². The van der Waals surface area contributed by atoms with Crippen molar-refractivity contribution in [3.05, 3.63) is 6.92 Å². The lowest BCUT2D eigenvalue weighted by molar-refractivity contribution is 0.111. The first kappa shape index (κ1) is 20.2. The standard InChI is InChI=1S/C22H43N2/c1-19(2)24(21-14-8-5-9-15-21)18-17-22(3,23)16-10-13-20-11-6-4-7-12-20/h19-21H,3-18,23H2,1-2H3. The van der Waals surface area contributed by atoms with Gasteiger partial charge in [0.25, 0.3) is 0 Å². The molecule has 0 heterocycles. The zero-order chi connectivity index (χ0) is 17.4. The Balaban J connectivity index is 1.70. The molecule has 2 rings (SSSR count). The van der Waals surface area contributed by atoms with E-state index in [-0.39, 0.29) is 5.54 Å². The molecule has 2 heteroatoms. The summed E-state index contributed by atoms with van der Waals surface area (Å²) >= 11 is 0. The summed E-state index contributed by atoms with van der Waals surface area (Å²) in [6, 6.07) is 1.42. The summed E-state index contributed by atoms with van der Waals surface area (Å²) in [5.41, 5.74) is 6.35. The number of hydrogen-bond acceptors (Lipinski definition) is 2. The Kier molecular flexibility index (Phi) is 8.57. The molecular weight excluding hydrogens is 292 g/mol. The third-order valence-corrected chi connectivity index (χ3v) is 6.59. The first-order chi connectivity index (χ1) is 11.5. The Morgan fingerprint density at radius 3 is 2.12 bits per heavy atom. The normalized spacial score (nSPS) is 23.8. The van der Waals surface area contributed by atoms with Gasteiger partial charge in [0.1, 0.15) is 0 Å². The summed E-state index contributed by atoms with van der Waals surface area (Å²) in [4.78, 5) is 2.72. The highest BCUT2D eigenvalue weighted by Crippen LogP contribution is 2.30. The van der Waals surface area contributed by atoms with E-state index in [2.05, 4.69) is 25.7 Å². The van der Waals surface area contributed by atoms with Crippen molar-refractivity contribution in [3.63, 3.8) is 0 Å². The van der Waals surface area contributed by atoms with Crippen molar-refractivity contribution in [1.82, 2.24) is 4.90 Å². The van der Waals surface area contributed by atoms with Crippen LogP contribution in [0.1, 0.15) is 104 Å². The van der Waals surface area contributed by atoms with E-state index < -0.39 is 0 Å².